The Hall–Kier alpha value is -2.51. The van der Waals surface area contributed by atoms with Gasteiger partial charge in [0.1, 0.15) is 11.6 Å². The minimum atomic E-state index is -0.481. The van der Waals surface area contributed by atoms with E-state index in [-0.39, 0.29) is 22.6 Å². The Balaban J connectivity index is 1.60. The van der Waals surface area contributed by atoms with Crippen LogP contribution < -0.4 is 15.5 Å². The molecule has 0 bridgehead atoms. The Bertz CT molecular complexity index is 1050. The van der Waals surface area contributed by atoms with Crippen LogP contribution in [0.1, 0.15) is 5.69 Å². The fourth-order valence-electron chi connectivity index (χ4n) is 2.56. The molecule has 0 fully saturated rings. The first-order chi connectivity index (χ1) is 13.0. The number of rotatable bonds is 6. The second-order valence-electron chi connectivity index (χ2n) is 5.71. The van der Waals surface area contributed by atoms with E-state index in [9.17, 15) is 14.0 Å². The van der Waals surface area contributed by atoms with E-state index in [2.05, 4.69) is 10.3 Å². The zero-order chi connectivity index (χ0) is 19.4. The van der Waals surface area contributed by atoms with E-state index in [0.29, 0.717) is 33.3 Å². The summed E-state index contributed by atoms with van der Waals surface area (Å²) in [5, 5.41) is 3.44. The van der Waals surface area contributed by atoms with Crippen LogP contribution in [0.15, 0.2) is 47.3 Å². The molecular formula is C19H16ClFN2O3S. The Morgan fingerprint density at radius 3 is 2.85 bits per heavy atom. The Labute approximate surface area is 163 Å². The van der Waals surface area contributed by atoms with Crippen LogP contribution >= 0.6 is 23.4 Å². The number of amides is 1. The van der Waals surface area contributed by atoms with E-state index in [4.69, 9.17) is 16.3 Å². The number of methoxy groups -OCH3 is 1. The van der Waals surface area contributed by atoms with Gasteiger partial charge < -0.3 is 15.0 Å². The maximum Gasteiger partial charge on any atom is 0.234 e. The summed E-state index contributed by atoms with van der Waals surface area (Å²) in [6, 6.07) is 10.8. The number of benzene rings is 2. The maximum atomic E-state index is 13.9. The highest BCUT2D eigenvalue weighted by atomic mass is 35.5. The number of fused-ring (bicyclic) bond motifs is 1. The molecule has 0 aliphatic heterocycles. The molecule has 0 atom stereocenters. The van der Waals surface area contributed by atoms with Crippen LogP contribution in [0.25, 0.3) is 10.9 Å². The molecular weight excluding hydrogens is 391 g/mol. The number of para-hydroxylation sites is 1. The van der Waals surface area contributed by atoms with Crippen molar-refractivity contribution in [3.05, 3.63) is 69.2 Å². The van der Waals surface area contributed by atoms with Gasteiger partial charge >= 0.3 is 0 Å². The maximum absolute atomic E-state index is 13.9. The summed E-state index contributed by atoms with van der Waals surface area (Å²) in [5.74, 6) is 0.370. The van der Waals surface area contributed by atoms with Crippen molar-refractivity contribution < 1.29 is 13.9 Å². The van der Waals surface area contributed by atoms with Crippen LogP contribution in [0, 0.1) is 5.82 Å². The van der Waals surface area contributed by atoms with Crippen LogP contribution in [-0.2, 0) is 10.5 Å². The highest BCUT2D eigenvalue weighted by Gasteiger charge is 2.09. The average molecular weight is 407 g/mol. The molecule has 8 heteroatoms. The van der Waals surface area contributed by atoms with Gasteiger partial charge in [0.15, 0.2) is 5.43 Å². The van der Waals surface area contributed by atoms with E-state index < -0.39 is 5.82 Å². The van der Waals surface area contributed by atoms with Crippen molar-refractivity contribution in [2.75, 3.05) is 18.2 Å². The molecule has 27 heavy (non-hydrogen) atoms. The van der Waals surface area contributed by atoms with Crippen molar-refractivity contribution in [2.24, 2.45) is 0 Å². The number of H-pyrrole nitrogens is 1. The van der Waals surface area contributed by atoms with Gasteiger partial charge in [-0.15, -0.1) is 11.8 Å². The van der Waals surface area contributed by atoms with E-state index >= 15 is 0 Å². The van der Waals surface area contributed by atoms with E-state index in [0.717, 1.165) is 0 Å². The van der Waals surface area contributed by atoms with Gasteiger partial charge in [0.25, 0.3) is 0 Å². The third-order valence-electron chi connectivity index (χ3n) is 3.80. The molecule has 1 amide bonds. The predicted molar refractivity (Wildman–Crippen MR) is 107 cm³/mol. The number of pyridine rings is 1. The number of carbonyl (C=O) groups excluding carboxylic acids is 1. The molecule has 0 spiro atoms. The van der Waals surface area contributed by atoms with Crippen LogP contribution in [0.4, 0.5) is 10.1 Å². The lowest BCUT2D eigenvalue weighted by Gasteiger charge is -2.08. The van der Waals surface area contributed by atoms with Crippen LogP contribution in [0.2, 0.25) is 5.02 Å². The minimum absolute atomic E-state index is 0.168. The van der Waals surface area contributed by atoms with E-state index in [1.807, 2.05) is 0 Å². The molecule has 5 nitrogen and oxygen atoms in total. The Morgan fingerprint density at radius 2 is 2.11 bits per heavy atom. The van der Waals surface area contributed by atoms with E-state index in [1.165, 1.54) is 37.1 Å². The van der Waals surface area contributed by atoms with Gasteiger partial charge in [0, 0.05) is 28.6 Å². The molecule has 1 aromatic heterocycles. The molecule has 0 saturated heterocycles. The first-order valence-electron chi connectivity index (χ1n) is 7.99. The smallest absolute Gasteiger partial charge is 0.234 e. The summed E-state index contributed by atoms with van der Waals surface area (Å²) in [4.78, 5) is 27.1. The summed E-state index contributed by atoms with van der Waals surface area (Å²) in [5.41, 5.74) is 1.05. The molecule has 3 rings (SSSR count). The third kappa shape index (κ3) is 4.61. The number of thioether (sulfide) groups is 1. The molecule has 0 saturated carbocycles. The average Bonchev–Trinajstić information content (AvgIpc) is 2.63. The number of aromatic amines is 1. The third-order valence-corrected chi connectivity index (χ3v) is 5.07. The standard InChI is InChI=1S/C19H16ClFN2O3S/c1-26-17-6-5-11(7-14(17)20)22-18(25)10-27-9-12-8-16(24)13-3-2-4-15(21)19(13)23-12/h2-8H,9-10H2,1H3,(H,22,25)(H,23,24). The summed E-state index contributed by atoms with van der Waals surface area (Å²) in [6.45, 7) is 0. The van der Waals surface area contributed by atoms with Crippen molar-refractivity contribution in [1.82, 2.24) is 4.98 Å². The van der Waals surface area contributed by atoms with Crippen LogP contribution in [0.3, 0.4) is 0 Å². The molecule has 2 aromatic carbocycles. The van der Waals surface area contributed by atoms with Gasteiger partial charge in [0.2, 0.25) is 5.91 Å². The van der Waals surface area contributed by atoms with E-state index in [1.54, 1.807) is 24.3 Å². The summed E-state index contributed by atoms with van der Waals surface area (Å²) < 4.78 is 18.9. The summed E-state index contributed by atoms with van der Waals surface area (Å²) in [7, 11) is 1.51. The molecule has 0 unspecified atom stereocenters. The zero-order valence-electron chi connectivity index (χ0n) is 14.3. The number of carbonyl (C=O) groups is 1. The molecule has 3 aromatic rings. The number of anilines is 1. The number of hydrogen-bond acceptors (Lipinski definition) is 4. The fraction of sp³-hybridized carbons (Fsp3) is 0.158. The molecule has 0 aliphatic carbocycles. The molecule has 1 heterocycles. The lowest BCUT2D eigenvalue weighted by Crippen LogP contribution is -2.14. The SMILES string of the molecule is COc1ccc(NC(=O)CSCc2cc(=O)c3cccc(F)c3[nH]2)cc1Cl. The van der Waals surface area contributed by atoms with Crippen molar-refractivity contribution in [2.45, 2.75) is 5.75 Å². The molecule has 2 N–H and O–H groups in total. The largest absolute Gasteiger partial charge is 0.495 e. The Kier molecular flexibility index (Phi) is 6.03. The van der Waals surface area contributed by atoms with Gasteiger partial charge in [-0.05, 0) is 30.3 Å². The topological polar surface area (TPSA) is 71.2 Å². The van der Waals surface area contributed by atoms with Crippen molar-refractivity contribution in [1.29, 1.82) is 0 Å². The Morgan fingerprint density at radius 1 is 1.30 bits per heavy atom. The predicted octanol–water partition coefficient (Wildman–Crippen LogP) is 4.20. The van der Waals surface area contributed by atoms with Gasteiger partial charge in [0.05, 0.1) is 23.4 Å². The highest BCUT2D eigenvalue weighted by molar-refractivity contribution is 7.99. The quantitative estimate of drug-likeness (QED) is 0.643. The van der Waals surface area contributed by atoms with Gasteiger partial charge in [-0.1, -0.05) is 17.7 Å². The van der Waals surface area contributed by atoms with Crippen LogP contribution in [0.5, 0.6) is 5.75 Å². The molecule has 0 radical (unpaired) electrons. The number of halogens is 2. The summed E-state index contributed by atoms with van der Waals surface area (Å²) >= 11 is 7.33. The van der Waals surface area contributed by atoms with Crippen molar-refractivity contribution in [3.8, 4) is 5.75 Å². The summed E-state index contributed by atoms with van der Waals surface area (Å²) in [6.07, 6.45) is 0. The minimum Gasteiger partial charge on any atom is -0.495 e. The second kappa shape index (κ2) is 8.45. The van der Waals surface area contributed by atoms with Crippen LogP contribution in [-0.4, -0.2) is 23.8 Å². The lowest BCUT2D eigenvalue weighted by molar-refractivity contribution is -0.113. The first kappa shape index (κ1) is 19.3. The van der Waals surface area contributed by atoms with Crippen molar-refractivity contribution >= 4 is 45.9 Å². The monoisotopic (exact) mass is 406 g/mol. The van der Waals surface area contributed by atoms with Gasteiger partial charge in [-0.25, -0.2) is 4.39 Å². The normalized spacial score (nSPS) is 10.8. The van der Waals surface area contributed by atoms with Crippen molar-refractivity contribution in [3.63, 3.8) is 0 Å². The fourth-order valence-corrected chi connectivity index (χ4v) is 3.55. The lowest BCUT2D eigenvalue weighted by atomic mass is 10.2. The zero-order valence-corrected chi connectivity index (χ0v) is 15.9. The second-order valence-corrected chi connectivity index (χ2v) is 7.10. The number of nitrogens with one attached hydrogen (secondary N) is 2. The van der Waals surface area contributed by atoms with Gasteiger partial charge in [-0.3, -0.25) is 9.59 Å². The molecule has 140 valence electrons. The molecule has 0 aliphatic rings. The number of aromatic nitrogens is 1. The van der Waals surface area contributed by atoms with Gasteiger partial charge in [-0.2, -0.15) is 0 Å². The first-order valence-corrected chi connectivity index (χ1v) is 9.53. The number of ether oxygens (including phenoxy) is 1. The highest BCUT2D eigenvalue weighted by Crippen LogP contribution is 2.27. The number of hydrogen-bond donors (Lipinski definition) is 2.